The maximum atomic E-state index is 6.38. The molecule has 0 saturated carbocycles. The Kier molecular flexibility index (Phi) is 5.70. The van der Waals surface area contributed by atoms with E-state index in [4.69, 9.17) is 16.6 Å². The summed E-state index contributed by atoms with van der Waals surface area (Å²) >= 11 is 6.38. The summed E-state index contributed by atoms with van der Waals surface area (Å²) in [5.74, 6) is 1.52. The van der Waals surface area contributed by atoms with E-state index in [2.05, 4.69) is 96.9 Å². The van der Waals surface area contributed by atoms with E-state index in [1.54, 1.807) is 0 Å². The van der Waals surface area contributed by atoms with Crippen LogP contribution in [0.15, 0.2) is 109 Å². The van der Waals surface area contributed by atoms with Gasteiger partial charge in [-0.2, -0.15) is 0 Å². The number of halogens is 1. The van der Waals surface area contributed by atoms with Gasteiger partial charge in [0.05, 0.1) is 5.69 Å². The minimum absolute atomic E-state index is 0.396. The first-order chi connectivity index (χ1) is 15.7. The molecular weight excluding hydrogens is 412 g/mol. The summed E-state index contributed by atoms with van der Waals surface area (Å²) in [5.41, 5.74) is 6.45. The van der Waals surface area contributed by atoms with Crippen molar-refractivity contribution in [2.75, 3.05) is 0 Å². The van der Waals surface area contributed by atoms with Crippen LogP contribution >= 0.6 is 11.6 Å². The summed E-state index contributed by atoms with van der Waals surface area (Å²) in [6, 6.07) is 29.1. The number of nitrogens with zero attached hydrogens (tertiary/aromatic N) is 2. The molecular formula is C29H23ClN2. The largest absolute Gasteiger partial charge is 0.228 e. The summed E-state index contributed by atoms with van der Waals surface area (Å²) in [5, 5.41) is 0.440. The standard InChI is InChI=1S/C29H23ClN2/c1-20-7-5-6-10-26(20)23-13-17-25(18-14-23)29-31-27(19-28(30)32-29)24-15-11-22(12-16-24)21-8-3-2-4-9-21/h2-20,26H,1H3. The van der Waals surface area contributed by atoms with Crippen molar-refractivity contribution in [3.63, 3.8) is 0 Å². The van der Waals surface area contributed by atoms with Crippen LogP contribution < -0.4 is 0 Å². The Labute approximate surface area is 194 Å². The molecule has 2 unspecified atom stereocenters. The van der Waals surface area contributed by atoms with Crippen LogP contribution in [0.4, 0.5) is 0 Å². The average molecular weight is 435 g/mol. The fourth-order valence-electron chi connectivity index (χ4n) is 4.15. The smallest absolute Gasteiger partial charge is 0.161 e. The molecule has 5 rings (SSSR count). The lowest BCUT2D eigenvalue weighted by atomic mass is 9.84. The van der Waals surface area contributed by atoms with Crippen molar-refractivity contribution < 1.29 is 0 Å². The highest BCUT2D eigenvalue weighted by Crippen LogP contribution is 2.32. The molecule has 1 aliphatic rings. The summed E-state index contributed by atoms with van der Waals surface area (Å²) in [6.07, 6.45) is 8.73. The number of benzene rings is 3. The number of aromatic nitrogens is 2. The fraction of sp³-hybridized carbons (Fsp3) is 0.103. The maximum absolute atomic E-state index is 6.38. The monoisotopic (exact) mass is 434 g/mol. The second-order valence-corrected chi connectivity index (χ2v) is 8.51. The van der Waals surface area contributed by atoms with Gasteiger partial charge in [-0.05, 0) is 22.6 Å². The van der Waals surface area contributed by atoms with E-state index < -0.39 is 0 Å². The van der Waals surface area contributed by atoms with E-state index in [0.717, 1.165) is 16.8 Å². The summed E-state index contributed by atoms with van der Waals surface area (Å²) in [4.78, 5) is 9.29. The molecule has 0 aliphatic heterocycles. The zero-order valence-corrected chi connectivity index (χ0v) is 18.6. The van der Waals surface area contributed by atoms with E-state index >= 15 is 0 Å². The molecule has 0 bridgehead atoms. The molecule has 2 atom stereocenters. The third-order valence-corrected chi connectivity index (χ3v) is 6.14. The molecule has 0 amide bonds. The first kappa shape index (κ1) is 20.4. The van der Waals surface area contributed by atoms with E-state index in [9.17, 15) is 0 Å². The van der Waals surface area contributed by atoms with Gasteiger partial charge in [0.25, 0.3) is 0 Å². The van der Waals surface area contributed by atoms with Gasteiger partial charge >= 0.3 is 0 Å². The van der Waals surface area contributed by atoms with Crippen LogP contribution in [0.5, 0.6) is 0 Å². The molecule has 3 aromatic carbocycles. The zero-order chi connectivity index (χ0) is 21.9. The lowest BCUT2D eigenvalue weighted by Gasteiger charge is -2.21. The SMILES string of the molecule is CC1C=CC=CC1c1ccc(-c2nc(Cl)cc(-c3ccc(-c4ccccc4)cc3)n2)cc1. The average Bonchev–Trinajstić information content (AvgIpc) is 2.85. The van der Waals surface area contributed by atoms with E-state index in [0.29, 0.717) is 22.8 Å². The number of hydrogen-bond donors (Lipinski definition) is 0. The van der Waals surface area contributed by atoms with Crippen LogP contribution in [0, 0.1) is 5.92 Å². The molecule has 156 valence electrons. The second kappa shape index (κ2) is 8.94. The zero-order valence-electron chi connectivity index (χ0n) is 17.8. The Morgan fingerprint density at radius 2 is 1.28 bits per heavy atom. The van der Waals surface area contributed by atoms with Gasteiger partial charge < -0.3 is 0 Å². The van der Waals surface area contributed by atoms with E-state index in [1.165, 1.54) is 16.7 Å². The topological polar surface area (TPSA) is 25.8 Å². The molecule has 3 heteroatoms. The predicted molar refractivity (Wildman–Crippen MR) is 134 cm³/mol. The first-order valence-electron chi connectivity index (χ1n) is 10.8. The highest BCUT2D eigenvalue weighted by molar-refractivity contribution is 6.29. The number of rotatable bonds is 4. The molecule has 32 heavy (non-hydrogen) atoms. The van der Waals surface area contributed by atoms with Crippen LogP contribution in [-0.4, -0.2) is 9.97 Å². The maximum Gasteiger partial charge on any atom is 0.161 e. The molecule has 0 N–H and O–H groups in total. The van der Waals surface area contributed by atoms with Crippen molar-refractivity contribution >= 4 is 11.6 Å². The van der Waals surface area contributed by atoms with Gasteiger partial charge in [-0.25, -0.2) is 9.97 Å². The highest BCUT2D eigenvalue weighted by atomic mass is 35.5. The normalized spacial score (nSPS) is 17.4. The van der Waals surface area contributed by atoms with Crippen molar-refractivity contribution in [1.82, 2.24) is 9.97 Å². The minimum atomic E-state index is 0.396. The van der Waals surface area contributed by atoms with Crippen molar-refractivity contribution in [3.8, 4) is 33.8 Å². The minimum Gasteiger partial charge on any atom is -0.228 e. The Balaban J connectivity index is 1.43. The van der Waals surface area contributed by atoms with Gasteiger partial charge in [-0.1, -0.05) is 122 Å². The molecule has 1 heterocycles. The van der Waals surface area contributed by atoms with E-state index in [1.807, 2.05) is 24.3 Å². The third-order valence-electron chi connectivity index (χ3n) is 5.95. The van der Waals surface area contributed by atoms with Gasteiger partial charge in [0, 0.05) is 23.1 Å². The molecule has 1 aliphatic carbocycles. The third kappa shape index (κ3) is 4.28. The number of allylic oxidation sites excluding steroid dienone is 4. The summed E-state index contributed by atoms with van der Waals surface area (Å²) in [7, 11) is 0. The first-order valence-corrected chi connectivity index (χ1v) is 11.2. The highest BCUT2D eigenvalue weighted by Gasteiger charge is 2.16. The molecule has 0 radical (unpaired) electrons. The van der Waals surface area contributed by atoms with Gasteiger partial charge in [0.15, 0.2) is 5.82 Å². The Morgan fingerprint density at radius 3 is 2.00 bits per heavy atom. The Morgan fingerprint density at radius 1 is 0.656 bits per heavy atom. The molecule has 1 aromatic heterocycles. The Hall–Kier alpha value is -3.49. The van der Waals surface area contributed by atoms with Crippen LogP contribution in [-0.2, 0) is 0 Å². The molecule has 0 spiro atoms. The Bertz CT molecular complexity index is 1270. The predicted octanol–water partition coefficient (Wildman–Crippen LogP) is 7.98. The van der Waals surface area contributed by atoms with Crippen LogP contribution in [0.2, 0.25) is 5.15 Å². The molecule has 4 aromatic rings. The van der Waals surface area contributed by atoms with Crippen molar-refractivity contribution in [3.05, 3.63) is 120 Å². The quantitative estimate of drug-likeness (QED) is 0.304. The van der Waals surface area contributed by atoms with Crippen LogP contribution in [0.25, 0.3) is 33.8 Å². The van der Waals surface area contributed by atoms with Gasteiger partial charge in [0.2, 0.25) is 0 Å². The fourth-order valence-corrected chi connectivity index (χ4v) is 4.33. The van der Waals surface area contributed by atoms with Crippen molar-refractivity contribution in [2.24, 2.45) is 5.92 Å². The van der Waals surface area contributed by atoms with Gasteiger partial charge in [-0.3, -0.25) is 0 Å². The van der Waals surface area contributed by atoms with Crippen molar-refractivity contribution in [1.29, 1.82) is 0 Å². The lowest BCUT2D eigenvalue weighted by Crippen LogP contribution is -2.07. The molecule has 2 nitrogen and oxygen atoms in total. The second-order valence-electron chi connectivity index (χ2n) is 8.12. The van der Waals surface area contributed by atoms with Crippen LogP contribution in [0.1, 0.15) is 18.4 Å². The van der Waals surface area contributed by atoms with Gasteiger partial charge in [0.1, 0.15) is 5.15 Å². The molecule has 0 fully saturated rings. The summed E-state index contributed by atoms with van der Waals surface area (Å²) < 4.78 is 0. The van der Waals surface area contributed by atoms with Gasteiger partial charge in [-0.15, -0.1) is 0 Å². The van der Waals surface area contributed by atoms with Crippen molar-refractivity contribution in [2.45, 2.75) is 12.8 Å². The van der Waals surface area contributed by atoms with E-state index in [-0.39, 0.29) is 0 Å². The molecule has 0 saturated heterocycles. The van der Waals surface area contributed by atoms with Crippen LogP contribution in [0.3, 0.4) is 0 Å². The number of hydrogen-bond acceptors (Lipinski definition) is 2. The summed E-state index contributed by atoms with van der Waals surface area (Å²) in [6.45, 7) is 2.24. The lowest BCUT2D eigenvalue weighted by molar-refractivity contribution is 0.635.